The minimum absolute atomic E-state index is 0.488. The van der Waals surface area contributed by atoms with Gasteiger partial charge in [-0.1, -0.05) is 5.16 Å². The van der Waals surface area contributed by atoms with Crippen molar-refractivity contribution in [3.63, 3.8) is 0 Å². The van der Waals surface area contributed by atoms with E-state index in [1.165, 1.54) is 0 Å². The minimum Gasteiger partial charge on any atom is -0.496 e. The monoisotopic (exact) mass is 276 g/mol. The van der Waals surface area contributed by atoms with E-state index in [9.17, 15) is 0 Å². The van der Waals surface area contributed by atoms with Gasteiger partial charge in [0.2, 0.25) is 0 Å². The lowest BCUT2D eigenvalue weighted by Gasteiger charge is -2.11. The second-order valence-electron chi connectivity index (χ2n) is 4.00. The Kier molecular flexibility index (Phi) is 4.24. The first kappa shape index (κ1) is 13.9. The molecule has 106 valence electrons. The molecule has 0 amide bonds. The second kappa shape index (κ2) is 6.10. The summed E-state index contributed by atoms with van der Waals surface area (Å²) in [5.74, 6) is 3.04. The highest BCUT2D eigenvalue weighted by Crippen LogP contribution is 2.33. The normalized spacial score (nSPS) is 10.8. The molecule has 0 aliphatic rings. The van der Waals surface area contributed by atoms with Crippen LogP contribution in [0.1, 0.15) is 11.3 Å². The molecule has 0 fully saturated rings. The van der Waals surface area contributed by atoms with E-state index >= 15 is 0 Å². The van der Waals surface area contributed by atoms with Crippen LogP contribution in [0.3, 0.4) is 0 Å². The van der Waals surface area contributed by atoms with Crippen molar-refractivity contribution < 1.29 is 18.7 Å². The number of nitrogens with zero attached hydrogens (tertiary/aromatic N) is 2. The van der Waals surface area contributed by atoms with E-state index in [0.29, 0.717) is 34.4 Å². The smallest absolute Gasteiger partial charge is 0.195 e. The molecule has 1 aromatic carbocycles. The van der Waals surface area contributed by atoms with Gasteiger partial charge in [0.15, 0.2) is 5.82 Å². The van der Waals surface area contributed by atoms with Crippen molar-refractivity contribution in [2.24, 2.45) is 4.99 Å². The SMILES string of the molecule is COc1cc(OC)c(C=Nc2cc(C)on2)c(OC)c1. The van der Waals surface area contributed by atoms with E-state index in [2.05, 4.69) is 10.1 Å². The average molecular weight is 276 g/mol. The fourth-order valence-electron chi connectivity index (χ4n) is 1.70. The summed E-state index contributed by atoms with van der Waals surface area (Å²) in [6, 6.07) is 5.26. The van der Waals surface area contributed by atoms with Gasteiger partial charge in [-0.3, -0.25) is 0 Å². The summed E-state index contributed by atoms with van der Waals surface area (Å²) in [4.78, 5) is 4.24. The maximum Gasteiger partial charge on any atom is 0.195 e. The summed E-state index contributed by atoms with van der Waals surface area (Å²) in [6.07, 6.45) is 1.62. The number of aliphatic imine (C=N–C) groups is 1. The van der Waals surface area contributed by atoms with E-state index in [1.807, 2.05) is 0 Å². The predicted octanol–water partition coefficient (Wildman–Crippen LogP) is 2.76. The number of benzene rings is 1. The van der Waals surface area contributed by atoms with Gasteiger partial charge in [0, 0.05) is 24.4 Å². The Hall–Kier alpha value is -2.50. The van der Waals surface area contributed by atoms with Crippen molar-refractivity contribution in [1.29, 1.82) is 0 Å². The van der Waals surface area contributed by atoms with Crippen LogP contribution in [-0.4, -0.2) is 32.7 Å². The van der Waals surface area contributed by atoms with Crippen molar-refractivity contribution in [3.8, 4) is 17.2 Å². The van der Waals surface area contributed by atoms with Crippen LogP contribution in [0.25, 0.3) is 0 Å². The molecule has 0 unspecified atom stereocenters. The van der Waals surface area contributed by atoms with Gasteiger partial charge in [-0.25, -0.2) is 4.99 Å². The maximum absolute atomic E-state index is 5.33. The zero-order valence-electron chi connectivity index (χ0n) is 11.8. The number of hydrogen-bond acceptors (Lipinski definition) is 6. The van der Waals surface area contributed by atoms with Crippen LogP contribution >= 0.6 is 0 Å². The molecule has 6 nitrogen and oxygen atoms in total. The fraction of sp³-hybridized carbons (Fsp3) is 0.286. The third-order valence-corrected chi connectivity index (χ3v) is 2.69. The quantitative estimate of drug-likeness (QED) is 0.785. The van der Waals surface area contributed by atoms with Gasteiger partial charge >= 0.3 is 0 Å². The zero-order chi connectivity index (χ0) is 14.5. The van der Waals surface area contributed by atoms with Crippen molar-refractivity contribution in [2.45, 2.75) is 6.92 Å². The molecule has 0 atom stereocenters. The molecule has 1 aromatic heterocycles. The van der Waals surface area contributed by atoms with Crippen LogP contribution in [0.2, 0.25) is 0 Å². The molecule has 0 saturated heterocycles. The molecule has 2 aromatic rings. The van der Waals surface area contributed by atoms with Crippen LogP contribution in [-0.2, 0) is 0 Å². The van der Waals surface area contributed by atoms with E-state index in [0.717, 1.165) is 0 Å². The first-order chi connectivity index (χ1) is 9.67. The molecule has 0 N–H and O–H groups in total. The van der Waals surface area contributed by atoms with Gasteiger partial charge in [-0.05, 0) is 6.92 Å². The number of aromatic nitrogens is 1. The third kappa shape index (κ3) is 2.90. The number of rotatable bonds is 5. The van der Waals surface area contributed by atoms with E-state index in [1.54, 1.807) is 52.7 Å². The summed E-state index contributed by atoms with van der Waals surface area (Å²) >= 11 is 0. The number of hydrogen-bond donors (Lipinski definition) is 0. The Morgan fingerprint density at radius 3 is 2.15 bits per heavy atom. The Bertz CT molecular complexity index is 594. The predicted molar refractivity (Wildman–Crippen MR) is 74.6 cm³/mol. The van der Waals surface area contributed by atoms with Gasteiger partial charge in [0.25, 0.3) is 0 Å². The first-order valence-electron chi connectivity index (χ1n) is 5.95. The molecule has 0 bridgehead atoms. The lowest BCUT2D eigenvalue weighted by molar-refractivity contribution is 0.374. The van der Waals surface area contributed by atoms with Gasteiger partial charge in [0.05, 0.1) is 26.9 Å². The summed E-state index contributed by atoms with van der Waals surface area (Å²) in [7, 11) is 4.73. The molecular weight excluding hydrogens is 260 g/mol. The molecule has 2 rings (SSSR count). The Morgan fingerprint density at radius 1 is 1.05 bits per heavy atom. The lowest BCUT2D eigenvalue weighted by atomic mass is 10.2. The van der Waals surface area contributed by atoms with Gasteiger partial charge in [0.1, 0.15) is 23.0 Å². The number of aryl methyl sites for hydroxylation is 1. The third-order valence-electron chi connectivity index (χ3n) is 2.69. The second-order valence-corrected chi connectivity index (χ2v) is 4.00. The van der Waals surface area contributed by atoms with Crippen LogP contribution in [0, 0.1) is 6.92 Å². The summed E-state index contributed by atoms with van der Waals surface area (Å²) in [6.45, 7) is 1.81. The van der Waals surface area contributed by atoms with Gasteiger partial charge in [-0.15, -0.1) is 0 Å². The van der Waals surface area contributed by atoms with Crippen LogP contribution in [0.5, 0.6) is 17.2 Å². The highest BCUT2D eigenvalue weighted by Gasteiger charge is 2.11. The summed E-state index contributed by atoms with van der Waals surface area (Å²) < 4.78 is 20.8. The minimum atomic E-state index is 0.488. The lowest BCUT2D eigenvalue weighted by Crippen LogP contribution is -1.97. The van der Waals surface area contributed by atoms with Crippen molar-refractivity contribution in [2.75, 3.05) is 21.3 Å². The Morgan fingerprint density at radius 2 is 1.70 bits per heavy atom. The highest BCUT2D eigenvalue weighted by atomic mass is 16.5. The summed E-state index contributed by atoms with van der Waals surface area (Å²) in [5.41, 5.74) is 0.705. The molecule has 0 aliphatic heterocycles. The van der Waals surface area contributed by atoms with Gasteiger partial charge < -0.3 is 18.7 Å². The summed E-state index contributed by atoms with van der Waals surface area (Å²) in [5, 5.41) is 3.80. The Labute approximate surface area is 117 Å². The number of ether oxygens (including phenoxy) is 3. The zero-order valence-corrected chi connectivity index (χ0v) is 11.8. The molecule has 0 radical (unpaired) electrons. The molecule has 0 saturated carbocycles. The van der Waals surface area contributed by atoms with E-state index in [4.69, 9.17) is 18.7 Å². The van der Waals surface area contributed by atoms with Crippen LogP contribution in [0.4, 0.5) is 5.82 Å². The highest BCUT2D eigenvalue weighted by molar-refractivity contribution is 5.89. The van der Waals surface area contributed by atoms with E-state index in [-0.39, 0.29) is 0 Å². The topological polar surface area (TPSA) is 66.1 Å². The average Bonchev–Trinajstić information content (AvgIpc) is 2.89. The van der Waals surface area contributed by atoms with Crippen LogP contribution in [0.15, 0.2) is 27.7 Å². The number of methoxy groups -OCH3 is 3. The fourth-order valence-corrected chi connectivity index (χ4v) is 1.70. The van der Waals surface area contributed by atoms with Crippen molar-refractivity contribution in [3.05, 3.63) is 29.5 Å². The van der Waals surface area contributed by atoms with Crippen molar-refractivity contribution in [1.82, 2.24) is 5.16 Å². The van der Waals surface area contributed by atoms with Gasteiger partial charge in [-0.2, -0.15) is 0 Å². The molecule has 20 heavy (non-hydrogen) atoms. The molecule has 6 heteroatoms. The molecule has 0 aliphatic carbocycles. The molecular formula is C14H16N2O4. The Balaban J connectivity index is 2.41. The molecule has 1 heterocycles. The van der Waals surface area contributed by atoms with Crippen molar-refractivity contribution >= 4 is 12.0 Å². The largest absolute Gasteiger partial charge is 0.496 e. The van der Waals surface area contributed by atoms with Crippen LogP contribution < -0.4 is 14.2 Å². The standard InChI is InChI=1S/C14H16N2O4/c1-9-5-14(16-20-9)15-8-11-12(18-3)6-10(17-2)7-13(11)19-4/h5-8H,1-4H3. The first-order valence-corrected chi connectivity index (χ1v) is 5.95. The molecule has 0 spiro atoms. The maximum atomic E-state index is 5.33. The van der Waals surface area contributed by atoms with E-state index < -0.39 is 0 Å².